The third kappa shape index (κ3) is 4.43. The number of carboxylic acid groups (broad SMARTS) is 1. The fourth-order valence-corrected chi connectivity index (χ4v) is 3.20. The summed E-state index contributed by atoms with van der Waals surface area (Å²) in [7, 11) is 0. The molecule has 1 fully saturated rings. The summed E-state index contributed by atoms with van der Waals surface area (Å²) in [6.07, 6.45) is 0.972. The van der Waals surface area contributed by atoms with E-state index in [0.717, 1.165) is 5.56 Å². The van der Waals surface area contributed by atoms with Gasteiger partial charge >= 0.3 is 5.97 Å². The number of ether oxygens (including phenoxy) is 2. The maximum absolute atomic E-state index is 13.3. The van der Waals surface area contributed by atoms with E-state index in [1.807, 2.05) is 0 Å². The average Bonchev–Trinajstić information content (AvgIpc) is 2.68. The van der Waals surface area contributed by atoms with E-state index in [9.17, 15) is 14.0 Å². The van der Waals surface area contributed by atoms with Gasteiger partial charge in [0.05, 0.1) is 5.41 Å². The van der Waals surface area contributed by atoms with Crippen LogP contribution in [0.5, 0.6) is 5.75 Å². The molecule has 0 bridgehead atoms. The molecular formula is C20H20FNO5. The molecule has 0 radical (unpaired) electrons. The van der Waals surface area contributed by atoms with Crippen LogP contribution in [0.2, 0.25) is 0 Å². The van der Waals surface area contributed by atoms with Crippen molar-refractivity contribution >= 4 is 17.6 Å². The highest BCUT2D eigenvalue weighted by molar-refractivity contribution is 5.99. The molecule has 0 unspecified atom stereocenters. The highest BCUT2D eigenvalue weighted by Crippen LogP contribution is 2.36. The number of anilines is 1. The van der Waals surface area contributed by atoms with Crippen molar-refractivity contribution in [1.82, 2.24) is 0 Å². The van der Waals surface area contributed by atoms with Gasteiger partial charge in [-0.15, -0.1) is 0 Å². The molecule has 2 aromatic carbocycles. The van der Waals surface area contributed by atoms with Gasteiger partial charge in [-0.2, -0.15) is 0 Å². The quantitative estimate of drug-likeness (QED) is 0.813. The van der Waals surface area contributed by atoms with Crippen molar-refractivity contribution in [1.29, 1.82) is 0 Å². The molecule has 1 saturated heterocycles. The molecule has 1 amide bonds. The van der Waals surface area contributed by atoms with E-state index in [-0.39, 0.29) is 11.7 Å². The van der Waals surface area contributed by atoms with Gasteiger partial charge < -0.3 is 19.9 Å². The normalized spacial score (nSPS) is 15.7. The highest BCUT2D eigenvalue weighted by atomic mass is 19.1. The molecule has 6 nitrogen and oxygen atoms in total. The summed E-state index contributed by atoms with van der Waals surface area (Å²) in [5.41, 5.74) is 0.419. The van der Waals surface area contributed by atoms with Gasteiger partial charge in [0.2, 0.25) is 5.91 Å². The first-order valence-electron chi connectivity index (χ1n) is 8.59. The minimum atomic E-state index is -1.08. The molecule has 1 aliphatic heterocycles. The number of rotatable bonds is 6. The van der Waals surface area contributed by atoms with E-state index < -0.39 is 18.0 Å². The molecule has 0 saturated carbocycles. The Morgan fingerprint density at radius 3 is 2.52 bits per heavy atom. The number of hydrogen-bond acceptors (Lipinski definition) is 4. The number of hydrogen-bond donors (Lipinski definition) is 2. The summed E-state index contributed by atoms with van der Waals surface area (Å²) in [4.78, 5) is 23.8. The first kappa shape index (κ1) is 18.8. The molecule has 0 spiro atoms. The van der Waals surface area contributed by atoms with E-state index in [4.69, 9.17) is 14.6 Å². The van der Waals surface area contributed by atoms with Crippen LogP contribution in [0.15, 0.2) is 48.5 Å². The molecule has 7 heteroatoms. The fourth-order valence-electron chi connectivity index (χ4n) is 3.20. The predicted octanol–water partition coefficient (Wildman–Crippen LogP) is 2.98. The second-order valence-corrected chi connectivity index (χ2v) is 6.37. The minimum Gasteiger partial charge on any atom is -0.482 e. The molecule has 0 atom stereocenters. The Balaban J connectivity index is 1.82. The molecular weight excluding hydrogens is 353 g/mol. The summed E-state index contributed by atoms with van der Waals surface area (Å²) in [5.74, 6) is -1.31. The van der Waals surface area contributed by atoms with Crippen LogP contribution < -0.4 is 10.1 Å². The number of carbonyl (C=O) groups excluding carboxylic acids is 1. The summed E-state index contributed by atoms with van der Waals surface area (Å²) in [5, 5.41) is 11.6. The van der Waals surface area contributed by atoms with E-state index >= 15 is 0 Å². The summed E-state index contributed by atoms with van der Waals surface area (Å²) < 4.78 is 23.9. The van der Waals surface area contributed by atoms with Gasteiger partial charge in [0.15, 0.2) is 6.61 Å². The van der Waals surface area contributed by atoms with Crippen LogP contribution in [-0.2, 0) is 19.7 Å². The standard InChI is InChI=1S/C20H20FNO5/c21-15-6-4-14(5-7-15)20(8-10-26-11-9-20)19(25)22-16-2-1-3-17(12-16)27-13-18(23)24/h1-7,12H,8-11,13H2,(H,22,25)(H,23,24). The molecule has 27 heavy (non-hydrogen) atoms. The first-order valence-corrected chi connectivity index (χ1v) is 8.59. The van der Waals surface area contributed by atoms with Gasteiger partial charge in [-0.25, -0.2) is 9.18 Å². The molecule has 142 valence electrons. The number of halogens is 1. The summed E-state index contributed by atoms with van der Waals surface area (Å²) >= 11 is 0. The Kier molecular flexibility index (Phi) is 5.71. The predicted molar refractivity (Wildman–Crippen MR) is 96.3 cm³/mol. The lowest BCUT2D eigenvalue weighted by Crippen LogP contribution is -2.44. The van der Waals surface area contributed by atoms with Crippen molar-refractivity contribution < 1.29 is 28.6 Å². The van der Waals surface area contributed by atoms with E-state index in [1.54, 1.807) is 36.4 Å². The third-order valence-electron chi connectivity index (χ3n) is 4.63. The van der Waals surface area contributed by atoms with Gasteiger partial charge in [0.25, 0.3) is 0 Å². The largest absolute Gasteiger partial charge is 0.482 e. The van der Waals surface area contributed by atoms with E-state index in [0.29, 0.717) is 37.5 Å². The Bertz CT molecular complexity index is 815. The smallest absolute Gasteiger partial charge is 0.341 e. The SMILES string of the molecule is O=C(O)COc1cccc(NC(=O)C2(c3ccc(F)cc3)CCOCC2)c1. The van der Waals surface area contributed by atoms with Crippen LogP contribution in [-0.4, -0.2) is 36.8 Å². The number of nitrogens with one attached hydrogen (secondary N) is 1. The topological polar surface area (TPSA) is 84.9 Å². The van der Waals surface area contributed by atoms with Crippen molar-refractivity contribution in [2.24, 2.45) is 0 Å². The maximum Gasteiger partial charge on any atom is 0.341 e. The highest BCUT2D eigenvalue weighted by Gasteiger charge is 2.41. The van der Waals surface area contributed by atoms with Gasteiger partial charge in [0, 0.05) is 25.0 Å². The van der Waals surface area contributed by atoms with Crippen molar-refractivity contribution in [3.05, 3.63) is 59.9 Å². The summed E-state index contributed by atoms with van der Waals surface area (Å²) in [6, 6.07) is 12.5. The molecule has 2 N–H and O–H groups in total. The van der Waals surface area contributed by atoms with Crippen LogP contribution in [0.25, 0.3) is 0 Å². The third-order valence-corrected chi connectivity index (χ3v) is 4.63. The van der Waals surface area contributed by atoms with Gasteiger partial charge in [-0.1, -0.05) is 18.2 Å². The number of benzene rings is 2. The fraction of sp³-hybridized carbons (Fsp3) is 0.300. The monoisotopic (exact) mass is 373 g/mol. The number of carboxylic acids is 1. The van der Waals surface area contributed by atoms with E-state index in [2.05, 4.69) is 5.32 Å². The van der Waals surface area contributed by atoms with Crippen molar-refractivity contribution in [2.75, 3.05) is 25.1 Å². The Hall–Kier alpha value is -2.93. The van der Waals surface area contributed by atoms with Crippen LogP contribution in [0.1, 0.15) is 18.4 Å². The van der Waals surface area contributed by atoms with Crippen molar-refractivity contribution in [3.63, 3.8) is 0 Å². The zero-order valence-corrected chi connectivity index (χ0v) is 14.6. The van der Waals surface area contributed by atoms with Crippen molar-refractivity contribution in [3.8, 4) is 5.75 Å². The number of carbonyl (C=O) groups is 2. The lowest BCUT2D eigenvalue weighted by atomic mass is 9.73. The molecule has 1 heterocycles. The van der Waals surface area contributed by atoms with Gasteiger partial charge in [0.1, 0.15) is 11.6 Å². The molecule has 0 aromatic heterocycles. The second-order valence-electron chi connectivity index (χ2n) is 6.37. The zero-order valence-electron chi connectivity index (χ0n) is 14.6. The van der Waals surface area contributed by atoms with Crippen LogP contribution in [0, 0.1) is 5.82 Å². The Morgan fingerprint density at radius 1 is 1.15 bits per heavy atom. The lowest BCUT2D eigenvalue weighted by molar-refractivity contribution is -0.139. The van der Waals surface area contributed by atoms with Crippen molar-refractivity contribution in [2.45, 2.75) is 18.3 Å². The summed E-state index contributed by atoms with van der Waals surface area (Å²) in [6.45, 7) is 0.410. The lowest BCUT2D eigenvalue weighted by Gasteiger charge is -2.36. The Labute approximate surface area is 155 Å². The molecule has 1 aliphatic rings. The minimum absolute atomic E-state index is 0.215. The zero-order chi connectivity index (χ0) is 19.3. The second kappa shape index (κ2) is 8.18. The van der Waals surface area contributed by atoms with Gasteiger partial charge in [-0.05, 0) is 42.7 Å². The first-order chi connectivity index (χ1) is 13.0. The average molecular weight is 373 g/mol. The number of amides is 1. The number of aliphatic carboxylic acids is 1. The van der Waals surface area contributed by atoms with Gasteiger partial charge in [-0.3, -0.25) is 4.79 Å². The molecule has 2 aromatic rings. The Morgan fingerprint density at radius 2 is 1.85 bits per heavy atom. The van der Waals surface area contributed by atoms with E-state index in [1.165, 1.54) is 12.1 Å². The van der Waals surface area contributed by atoms with Crippen LogP contribution in [0.3, 0.4) is 0 Å². The molecule has 0 aliphatic carbocycles. The molecule has 3 rings (SSSR count). The maximum atomic E-state index is 13.3. The van der Waals surface area contributed by atoms with Crippen LogP contribution in [0.4, 0.5) is 10.1 Å². The van der Waals surface area contributed by atoms with Crippen LogP contribution >= 0.6 is 0 Å².